The first-order chi connectivity index (χ1) is 10.7. The van der Waals surface area contributed by atoms with Crippen LogP contribution in [0.3, 0.4) is 0 Å². The van der Waals surface area contributed by atoms with Gasteiger partial charge in [0.15, 0.2) is 0 Å². The van der Waals surface area contributed by atoms with Gasteiger partial charge in [-0.2, -0.15) is 0 Å². The maximum atomic E-state index is 12.1. The van der Waals surface area contributed by atoms with Gasteiger partial charge in [0.25, 0.3) is 0 Å². The highest BCUT2D eigenvalue weighted by atomic mass is 79.9. The number of hydrogen-bond donors (Lipinski definition) is 0. The number of piperidine rings is 1. The molecular weight excluding hydrogens is 382 g/mol. The second kappa shape index (κ2) is 7.31. The number of hydrogen-bond acceptors (Lipinski definition) is 3. The Kier molecular flexibility index (Phi) is 5.84. The van der Waals surface area contributed by atoms with Gasteiger partial charge in [-0.3, -0.25) is 0 Å². The molecule has 1 aliphatic heterocycles. The largest absolute Gasteiger partial charge is 0.490 e. The first-order valence-corrected chi connectivity index (χ1v) is 8.93. The number of nitrogens with zero attached hydrogens (tertiary/aromatic N) is 1. The van der Waals surface area contributed by atoms with Crippen molar-refractivity contribution in [2.24, 2.45) is 0 Å². The maximum absolute atomic E-state index is 12.1. The molecule has 1 aliphatic rings. The molecule has 0 spiro atoms. The molecule has 0 saturated carbocycles. The molecule has 0 aromatic heterocycles. The molecule has 4 nitrogen and oxygen atoms in total. The highest BCUT2D eigenvalue weighted by Gasteiger charge is 2.28. The lowest BCUT2D eigenvalue weighted by molar-refractivity contribution is 0.0126. The predicted molar refractivity (Wildman–Crippen MR) is 95.3 cm³/mol. The molecule has 1 heterocycles. The van der Waals surface area contributed by atoms with Crippen LogP contribution in [-0.2, 0) is 4.74 Å². The lowest BCUT2D eigenvalue weighted by atomic mass is 10.1. The van der Waals surface area contributed by atoms with Gasteiger partial charge in [0.1, 0.15) is 17.5 Å². The third-order valence-corrected chi connectivity index (χ3v) is 5.05. The van der Waals surface area contributed by atoms with E-state index in [1.54, 1.807) is 4.90 Å². The first-order valence-electron chi connectivity index (χ1n) is 7.76. The molecule has 128 valence electrons. The second-order valence-electron chi connectivity index (χ2n) is 6.77. The van der Waals surface area contributed by atoms with Crippen molar-refractivity contribution >= 4 is 33.6 Å². The average molecular weight is 405 g/mol. The Balaban J connectivity index is 1.90. The number of amides is 1. The van der Waals surface area contributed by atoms with Crippen LogP contribution < -0.4 is 4.74 Å². The summed E-state index contributed by atoms with van der Waals surface area (Å²) in [6, 6.07) is 3.81. The van der Waals surface area contributed by atoms with E-state index >= 15 is 0 Å². The van der Waals surface area contributed by atoms with E-state index < -0.39 is 5.60 Å². The molecule has 0 unspecified atom stereocenters. The Hall–Kier alpha value is -0.940. The number of rotatable bonds is 2. The Morgan fingerprint density at radius 1 is 1.30 bits per heavy atom. The van der Waals surface area contributed by atoms with E-state index in [0.717, 1.165) is 28.6 Å². The van der Waals surface area contributed by atoms with Crippen molar-refractivity contribution in [1.82, 2.24) is 4.90 Å². The van der Waals surface area contributed by atoms with Crippen molar-refractivity contribution in [2.45, 2.75) is 52.2 Å². The molecule has 1 fully saturated rings. The molecule has 6 heteroatoms. The highest BCUT2D eigenvalue weighted by molar-refractivity contribution is 9.10. The Morgan fingerprint density at radius 3 is 2.48 bits per heavy atom. The van der Waals surface area contributed by atoms with Crippen LogP contribution in [0.15, 0.2) is 16.6 Å². The van der Waals surface area contributed by atoms with Crippen molar-refractivity contribution in [3.05, 3.63) is 27.2 Å². The summed E-state index contributed by atoms with van der Waals surface area (Å²) in [5, 5.41) is 0.675. The second-order valence-corrected chi connectivity index (χ2v) is 8.00. The molecule has 23 heavy (non-hydrogen) atoms. The smallest absolute Gasteiger partial charge is 0.410 e. The van der Waals surface area contributed by atoms with Gasteiger partial charge in [-0.05, 0) is 55.8 Å². The average Bonchev–Trinajstić information content (AvgIpc) is 2.47. The zero-order valence-corrected chi connectivity index (χ0v) is 16.3. The van der Waals surface area contributed by atoms with Crippen molar-refractivity contribution in [3.8, 4) is 5.75 Å². The van der Waals surface area contributed by atoms with Crippen LogP contribution >= 0.6 is 27.5 Å². The van der Waals surface area contributed by atoms with Gasteiger partial charge in [-0.15, -0.1) is 0 Å². The van der Waals surface area contributed by atoms with Gasteiger partial charge in [-0.25, -0.2) is 4.79 Å². The molecule has 0 atom stereocenters. The zero-order valence-electron chi connectivity index (χ0n) is 14.0. The molecule has 0 bridgehead atoms. The minimum absolute atomic E-state index is 0.0876. The SMILES string of the molecule is Cc1c(OC2CCN(C(=O)OC(C)(C)C)CC2)ccc(Br)c1Cl. The van der Waals surface area contributed by atoms with E-state index in [1.807, 2.05) is 39.8 Å². The van der Waals surface area contributed by atoms with Crippen molar-refractivity contribution in [3.63, 3.8) is 0 Å². The topological polar surface area (TPSA) is 38.8 Å². The summed E-state index contributed by atoms with van der Waals surface area (Å²) in [6.45, 7) is 8.85. The van der Waals surface area contributed by atoms with E-state index in [9.17, 15) is 4.79 Å². The fourth-order valence-electron chi connectivity index (χ4n) is 2.42. The quantitative estimate of drug-likeness (QED) is 0.681. The molecule has 0 radical (unpaired) electrons. The first kappa shape index (κ1) is 18.4. The summed E-state index contributed by atoms with van der Waals surface area (Å²) < 4.78 is 12.3. The third kappa shape index (κ3) is 5.01. The van der Waals surface area contributed by atoms with Crippen LogP contribution in [-0.4, -0.2) is 35.8 Å². The lowest BCUT2D eigenvalue weighted by Gasteiger charge is -2.33. The molecular formula is C17H23BrClNO3. The van der Waals surface area contributed by atoms with E-state index in [1.165, 1.54) is 0 Å². The fourth-order valence-corrected chi connectivity index (χ4v) is 3.01. The molecule has 0 N–H and O–H groups in total. The normalized spacial score (nSPS) is 16.3. The molecule has 1 aromatic rings. The summed E-state index contributed by atoms with van der Waals surface area (Å²) in [6.07, 6.45) is 1.40. The predicted octanol–water partition coefficient (Wildman–Crippen LogP) is 5.19. The summed E-state index contributed by atoms with van der Waals surface area (Å²) in [4.78, 5) is 13.8. The number of carbonyl (C=O) groups excluding carboxylic acids is 1. The molecule has 2 rings (SSSR count). The molecule has 1 amide bonds. The lowest BCUT2D eigenvalue weighted by Crippen LogP contribution is -2.44. The Labute approximate surface area is 151 Å². The van der Waals surface area contributed by atoms with E-state index in [4.69, 9.17) is 21.1 Å². The number of ether oxygens (including phenoxy) is 2. The van der Waals surface area contributed by atoms with Crippen LogP contribution in [0, 0.1) is 6.92 Å². The summed E-state index contributed by atoms with van der Waals surface area (Å²) >= 11 is 9.64. The van der Waals surface area contributed by atoms with Gasteiger partial charge in [0, 0.05) is 36.0 Å². The van der Waals surface area contributed by atoms with Crippen molar-refractivity contribution in [2.75, 3.05) is 13.1 Å². The summed E-state index contributed by atoms with van der Waals surface area (Å²) in [5.41, 5.74) is 0.464. The van der Waals surface area contributed by atoms with Crippen LogP contribution in [0.4, 0.5) is 4.79 Å². The van der Waals surface area contributed by atoms with Gasteiger partial charge in [0.2, 0.25) is 0 Å². The number of halogens is 2. The number of likely N-dealkylation sites (tertiary alicyclic amines) is 1. The number of carbonyl (C=O) groups is 1. The fraction of sp³-hybridized carbons (Fsp3) is 0.588. The maximum Gasteiger partial charge on any atom is 0.410 e. The Morgan fingerprint density at radius 2 is 1.91 bits per heavy atom. The van der Waals surface area contributed by atoms with Gasteiger partial charge >= 0.3 is 6.09 Å². The summed E-state index contributed by atoms with van der Waals surface area (Å²) in [7, 11) is 0. The minimum atomic E-state index is -0.463. The Bertz CT molecular complexity index is 578. The minimum Gasteiger partial charge on any atom is -0.490 e. The van der Waals surface area contributed by atoms with E-state index in [0.29, 0.717) is 18.1 Å². The number of benzene rings is 1. The monoisotopic (exact) mass is 403 g/mol. The molecule has 0 aliphatic carbocycles. The standard InChI is InChI=1S/C17H23BrClNO3/c1-11-14(6-5-13(18)15(11)19)22-12-7-9-20(10-8-12)16(21)23-17(2,3)4/h5-6,12H,7-10H2,1-4H3. The van der Waals surface area contributed by atoms with Crippen LogP contribution in [0.25, 0.3) is 0 Å². The molecule has 1 aromatic carbocycles. The third-order valence-electron chi connectivity index (χ3n) is 3.68. The van der Waals surface area contributed by atoms with Crippen LogP contribution in [0.2, 0.25) is 5.02 Å². The van der Waals surface area contributed by atoms with E-state index in [-0.39, 0.29) is 12.2 Å². The van der Waals surface area contributed by atoms with Gasteiger partial charge in [-0.1, -0.05) is 11.6 Å². The summed E-state index contributed by atoms with van der Waals surface area (Å²) in [5.74, 6) is 0.800. The highest BCUT2D eigenvalue weighted by Crippen LogP contribution is 2.33. The van der Waals surface area contributed by atoms with Crippen LogP contribution in [0.5, 0.6) is 5.75 Å². The zero-order chi connectivity index (χ0) is 17.2. The van der Waals surface area contributed by atoms with Crippen molar-refractivity contribution in [1.29, 1.82) is 0 Å². The molecule has 1 saturated heterocycles. The van der Waals surface area contributed by atoms with Gasteiger partial charge in [0.05, 0.1) is 5.02 Å². The van der Waals surface area contributed by atoms with Crippen LogP contribution in [0.1, 0.15) is 39.2 Å². The van der Waals surface area contributed by atoms with E-state index in [2.05, 4.69) is 15.9 Å². The van der Waals surface area contributed by atoms with Gasteiger partial charge < -0.3 is 14.4 Å². The van der Waals surface area contributed by atoms with Crippen molar-refractivity contribution < 1.29 is 14.3 Å².